The smallest absolute Gasteiger partial charge is 0.411 e. The number of nitrogens with zero attached hydrogens (tertiary/aromatic N) is 1. The van der Waals surface area contributed by atoms with Gasteiger partial charge in [-0.05, 0) is 30.2 Å². The summed E-state index contributed by atoms with van der Waals surface area (Å²) in [6.45, 7) is 2.27. The van der Waals surface area contributed by atoms with Crippen LogP contribution < -0.4 is 0 Å². The first-order valence-corrected chi connectivity index (χ1v) is 9.23. The van der Waals surface area contributed by atoms with Crippen molar-refractivity contribution < 1.29 is 19.4 Å². The third kappa shape index (κ3) is 3.75. The molecule has 0 aliphatic carbocycles. The van der Waals surface area contributed by atoms with E-state index >= 15 is 0 Å². The Hall–Kier alpha value is -2.34. The summed E-state index contributed by atoms with van der Waals surface area (Å²) in [4.78, 5) is 25.4. The molecule has 26 heavy (non-hydrogen) atoms. The van der Waals surface area contributed by atoms with Gasteiger partial charge in [-0.1, -0.05) is 58.4 Å². The van der Waals surface area contributed by atoms with Gasteiger partial charge in [0.1, 0.15) is 0 Å². The van der Waals surface area contributed by atoms with Crippen molar-refractivity contribution in [1.29, 1.82) is 0 Å². The van der Waals surface area contributed by atoms with Crippen LogP contribution in [0.5, 0.6) is 0 Å². The number of carboxylic acid groups (broad SMARTS) is 1. The minimum Gasteiger partial charge on any atom is -0.481 e. The van der Waals surface area contributed by atoms with E-state index in [4.69, 9.17) is 9.84 Å². The maximum absolute atomic E-state index is 12.6. The highest BCUT2D eigenvalue weighted by Gasteiger charge is 2.48. The number of carboxylic acids is 1. The van der Waals surface area contributed by atoms with Crippen molar-refractivity contribution >= 4 is 28.0 Å². The number of carbonyl (C=O) groups excluding carboxylic acids is 1. The van der Waals surface area contributed by atoms with Crippen LogP contribution in [0, 0.1) is 0 Å². The average Bonchev–Trinajstić information content (AvgIpc) is 2.99. The second-order valence-electron chi connectivity index (χ2n) is 6.48. The van der Waals surface area contributed by atoms with Gasteiger partial charge < -0.3 is 9.84 Å². The summed E-state index contributed by atoms with van der Waals surface area (Å²) in [6.07, 6.45) is -0.251. The quantitative estimate of drug-likeness (QED) is 0.737. The monoisotopic (exact) mass is 417 g/mol. The molecule has 1 amide bonds. The molecule has 6 heteroatoms. The topological polar surface area (TPSA) is 66.8 Å². The minimum absolute atomic E-state index is 0.0668. The Kier molecular flexibility index (Phi) is 5.32. The third-order valence-electron chi connectivity index (χ3n) is 4.81. The van der Waals surface area contributed by atoms with E-state index in [9.17, 15) is 9.59 Å². The third-order valence-corrected chi connectivity index (χ3v) is 5.33. The zero-order chi connectivity index (χ0) is 18.7. The van der Waals surface area contributed by atoms with Gasteiger partial charge in [0.25, 0.3) is 0 Å². The first-order chi connectivity index (χ1) is 12.4. The molecule has 0 spiro atoms. The Morgan fingerprint density at radius 3 is 2.50 bits per heavy atom. The van der Waals surface area contributed by atoms with E-state index in [1.54, 1.807) is 4.90 Å². The van der Waals surface area contributed by atoms with E-state index in [-0.39, 0.29) is 18.9 Å². The van der Waals surface area contributed by atoms with Gasteiger partial charge >= 0.3 is 12.1 Å². The lowest BCUT2D eigenvalue weighted by molar-refractivity contribution is -0.138. The lowest BCUT2D eigenvalue weighted by Gasteiger charge is -2.28. The number of cyclic esters (lactones) is 1. The van der Waals surface area contributed by atoms with Crippen LogP contribution in [-0.4, -0.2) is 28.6 Å². The number of benzene rings is 2. The summed E-state index contributed by atoms with van der Waals surface area (Å²) < 4.78 is 6.75. The first-order valence-electron chi connectivity index (χ1n) is 8.44. The molecule has 1 N–H and O–H groups in total. The molecule has 1 saturated heterocycles. The molecule has 1 aliphatic heterocycles. The summed E-state index contributed by atoms with van der Waals surface area (Å²) in [6, 6.07) is 17.0. The summed E-state index contributed by atoms with van der Waals surface area (Å²) in [5, 5.41) is 9.12. The van der Waals surface area contributed by atoms with Crippen LogP contribution >= 0.6 is 15.9 Å². The highest BCUT2D eigenvalue weighted by Crippen LogP contribution is 2.40. The predicted octanol–water partition coefficient (Wildman–Crippen LogP) is 4.72. The fourth-order valence-corrected chi connectivity index (χ4v) is 3.55. The van der Waals surface area contributed by atoms with Gasteiger partial charge in [0.2, 0.25) is 0 Å². The number of carbonyl (C=O) groups is 2. The normalized spacial score (nSPS) is 20.7. The molecular formula is C20H20BrNO4. The Morgan fingerprint density at radius 2 is 1.88 bits per heavy atom. The van der Waals surface area contributed by atoms with Crippen molar-refractivity contribution in [3.05, 3.63) is 70.2 Å². The minimum atomic E-state index is -0.944. The van der Waals surface area contributed by atoms with Crippen molar-refractivity contribution in [2.45, 2.75) is 31.4 Å². The van der Waals surface area contributed by atoms with Crippen molar-refractivity contribution in [2.24, 2.45) is 0 Å². The van der Waals surface area contributed by atoms with E-state index in [0.29, 0.717) is 6.54 Å². The van der Waals surface area contributed by atoms with Gasteiger partial charge in [-0.25, -0.2) is 4.79 Å². The number of halogens is 1. The maximum atomic E-state index is 12.6. The molecule has 2 atom stereocenters. The van der Waals surface area contributed by atoms with E-state index in [1.807, 2.05) is 61.5 Å². The number of aliphatic carboxylic acids is 1. The molecule has 5 nitrogen and oxygen atoms in total. The van der Waals surface area contributed by atoms with Crippen LogP contribution in [0.15, 0.2) is 59.1 Å². The second kappa shape index (κ2) is 7.50. The van der Waals surface area contributed by atoms with E-state index in [1.165, 1.54) is 0 Å². The van der Waals surface area contributed by atoms with Gasteiger partial charge in [-0.15, -0.1) is 0 Å². The van der Waals surface area contributed by atoms with Crippen molar-refractivity contribution in [1.82, 2.24) is 4.90 Å². The molecule has 136 valence electrons. The van der Waals surface area contributed by atoms with Gasteiger partial charge in [0.05, 0.1) is 12.6 Å². The fourth-order valence-electron chi connectivity index (χ4n) is 3.29. The summed E-state index contributed by atoms with van der Waals surface area (Å²) in [5.74, 6) is -0.907. The molecule has 3 rings (SSSR count). The van der Waals surface area contributed by atoms with Gasteiger partial charge in [0, 0.05) is 17.3 Å². The Morgan fingerprint density at radius 1 is 1.23 bits per heavy atom. The van der Waals surface area contributed by atoms with Crippen LogP contribution in [0.3, 0.4) is 0 Å². The Labute approximate surface area is 160 Å². The van der Waals surface area contributed by atoms with Crippen molar-refractivity contribution in [2.75, 3.05) is 6.54 Å². The van der Waals surface area contributed by atoms with Crippen LogP contribution in [0.2, 0.25) is 0 Å². The highest BCUT2D eigenvalue weighted by atomic mass is 79.9. The molecule has 0 radical (unpaired) electrons. The largest absolute Gasteiger partial charge is 0.481 e. The van der Waals surface area contributed by atoms with Crippen LogP contribution in [0.1, 0.15) is 36.9 Å². The zero-order valence-corrected chi connectivity index (χ0v) is 16.0. The Bertz CT molecular complexity index is 793. The molecule has 0 bridgehead atoms. The van der Waals surface area contributed by atoms with Crippen molar-refractivity contribution in [3.8, 4) is 0 Å². The molecule has 1 fully saturated rings. The SMILES string of the molecule is C[C@@H](c1ccc(Br)cc1)N1CC(CCC(=O)O)(c2ccccc2)OC1=O. The van der Waals surface area contributed by atoms with Crippen LogP contribution in [0.25, 0.3) is 0 Å². The molecule has 1 unspecified atom stereocenters. The van der Waals surface area contributed by atoms with Crippen LogP contribution in [-0.2, 0) is 15.1 Å². The van der Waals surface area contributed by atoms with E-state index in [2.05, 4.69) is 15.9 Å². The lowest BCUT2D eigenvalue weighted by atomic mass is 9.88. The fraction of sp³-hybridized carbons (Fsp3) is 0.300. The number of amides is 1. The first kappa shape index (κ1) is 18.5. The van der Waals surface area contributed by atoms with Crippen LogP contribution in [0.4, 0.5) is 4.79 Å². The predicted molar refractivity (Wildman–Crippen MR) is 101 cm³/mol. The van der Waals surface area contributed by atoms with Gasteiger partial charge in [-0.3, -0.25) is 9.69 Å². The zero-order valence-electron chi connectivity index (χ0n) is 14.4. The van der Waals surface area contributed by atoms with Gasteiger partial charge in [-0.2, -0.15) is 0 Å². The standard InChI is InChI=1S/C20H20BrNO4/c1-14(15-7-9-17(21)10-8-15)22-13-20(26-19(22)25,12-11-18(23)24)16-5-3-2-4-6-16/h2-10,14H,11-13H2,1H3,(H,23,24)/t14-,20?/m0/s1. The summed E-state index contributed by atoms with van der Waals surface area (Å²) in [5.41, 5.74) is 0.868. The van der Waals surface area contributed by atoms with Crippen molar-refractivity contribution in [3.63, 3.8) is 0 Å². The highest BCUT2D eigenvalue weighted by molar-refractivity contribution is 9.10. The van der Waals surface area contributed by atoms with Gasteiger partial charge in [0.15, 0.2) is 5.60 Å². The summed E-state index contributed by atoms with van der Waals surface area (Å²) >= 11 is 3.41. The average molecular weight is 418 g/mol. The van der Waals surface area contributed by atoms with E-state index in [0.717, 1.165) is 15.6 Å². The molecule has 1 heterocycles. The molecule has 0 saturated carbocycles. The maximum Gasteiger partial charge on any atom is 0.411 e. The van der Waals surface area contributed by atoms with E-state index < -0.39 is 17.7 Å². The number of hydrogen-bond acceptors (Lipinski definition) is 3. The molecule has 2 aromatic carbocycles. The molecular weight excluding hydrogens is 398 g/mol. The second-order valence-corrected chi connectivity index (χ2v) is 7.39. The number of rotatable bonds is 6. The summed E-state index contributed by atoms with van der Waals surface area (Å²) in [7, 11) is 0. The Balaban J connectivity index is 1.89. The number of ether oxygens (including phenoxy) is 1. The number of hydrogen-bond donors (Lipinski definition) is 1. The molecule has 1 aliphatic rings. The lowest BCUT2D eigenvalue weighted by Crippen LogP contribution is -2.34. The molecule has 2 aromatic rings. The molecule has 0 aromatic heterocycles.